The predicted molar refractivity (Wildman–Crippen MR) is 132 cm³/mol. The fourth-order valence-electron chi connectivity index (χ4n) is 2.92. The van der Waals surface area contributed by atoms with Gasteiger partial charge in [-0.2, -0.15) is 0 Å². The predicted octanol–water partition coefficient (Wildman–Crippen LogP) is 5.25. The molecule has 0 aromatic heterocycles. The first-order chi connectivity index (χ1) is 14.8. The molecule has 0 saturated heterocycles. The van der Waals surface area contributed by atoms with Gasteiger partial charge in [-0.05, 0) is 0 Å². The molecule has 0 amide bonds. The molecule has 0 atom stereocenters. The number of nitrogens with zero attached hydrogens (tertiary/aromatic N) is 1. The van der Waals surface area contributed by atoms with Crippen molar-refractivity contribution in [2.75, 3.05) is 4.90 Å². The molecule has 0 spiro atoms. The summed E-state index contributed by atoms with van der Waals surface area (Å²) in [7, 11) is 0. The Labute approximate surface area is 195 Å². The van der Waals surface area contributed by atoms with Gasteiger partial charge in [0.2, 0.25) is 0 Å². The molecule has 0 N–H and O–H groups in total. The number of rotatable bonds is 7. The van der Waals surface area contributed by atoms with E-state index in [0.717, 1.165) is 16.5 Å². The van der Waals surface area contributed by atoms with E-state index in [9.17, 15) is 0 Å². The molecule has 4 aromatic carbocycles. The zero-order valence-corrected chi connectivity index (χ0v) is 20.4. The van der Waals surface area contributed by atoms with Crippen molar-refractivity contribution in [2.24, 2.45) is 0 Å². The Bertz CT molecular complexity index is 1000. The second kappa shape index (κ2) is 10.7. The summed E-state index contributed by atoms with van der Waals surface area (Å²) in [4.78, 5) is 2.17. The van der Waals surface area contributed by atoms with Crippen LogP contribution < -0.4 is 13.8 Å². The Kier molecular flexibility index (Phi) is 7.48. The zero-order chi connectivity index (χ0) is 20.6. The Balaban J connectivity index is 1.81. The summed E-state index contributed by atoms with van der Waals surface area (Å²) in [6.07, 6.45) is 0. The summed E-state index contributed by atoms with van der Waals surface area (Å²) in [6.45, 7) is 0. The van der Waals surface area contributed by atoms with Crippen LogP contribution in [0.1, 0.15) is 0 Å². The van der Waals surface area contributed by atoms with Gasteiger partial charge in [0.05, 0.1) is 0 Å². The zero-order valence-electron chi connectivity index (χ0n) is 16.2. The van der Waals surface area contributed by atoms with E-state index in [2.05, 4.69) is 114 Å². The minimum atomic E-state index is 0.135. The Hall–Kier alpha value is -2.25. The Morgan fingerprint density at radius 1 is 0.500 bits per heavy atom. The molecule has 0 radical (unpaired) electrons. The van der Waals surface area contributed by atoms with Crippen molar-refractivity contribution in [1.82, 2.24) is 0 Å². The molecule has 148 valence electrons. The first-order valence-corrected chi connectivity index (χ1v) is 13.4. The van der Waals surface area contributed by atoms with Crippen LogP contribution in [0.3, 0.4) is 0 Å². The van der Waals surface area contributed by atoms with Gasteiger partial charge in [-0.15, -0.1) is 0 Å². The number of hydrogen-bond donors (Lipinski definition) is 0. The van der Waals surface area contributed by atoms with Crippen LogP contribution in [-0.2, 0) is 0 Å². The molecule has 30 heavy (non-hydrogen) atoms. The molecule has 0 unspecified atom stereocenters. The Morgan fingerprint density at radius 2 is 0.833 bits per heavy atom. The van der Waals surface area contributed by atoms with Crippen molar-refractivity contribution in [3.05, 3.63) is 130 Å². The number of benzene rings is 4. The molecule has 4 aromatic rings. The van der Waals surface area contributed by atoms with Gasteiger partial charge in [-0.25, -0.2) is 0 Å². The monoisotopic (exact) mass is 541 g/mol. The summed E-state index contributed by atoms with van der Waals surface area (Å²) < 4.78 is 3.97. The summed E-state index contributed by atoms with van der Waals surface area (Å²) in [5.41, 5.74) is 2.14. The topological polar surface area (TPSA) is 3.24 Å². The second-order valence-electron chi connectivity index (χ2n) is 6.42. The van der Waals surface area contributed by atoms with Crippen molar-refractivity contribution < 1.29 is 0 Å². The van der Waals surface area contributed by atoms with Gasteiger partial charge in [0, 0.05) is 0 Å². The molecule has 0 heterocycles. The van der Waals surface area contributed by atoms with Gasteiger partial charge in [0.15, 0.2) is 0 Å². The third-order valence-corrected chi connectivity index (χ3v) is 10.7. The van der Waals surface area contributed by atoms with E-state index >= 15 is 0 Å². The summed E-state index contributed by atoms with van der Waals surface area (Å²) >= 11 is 7.49. The van der Waals surface area contributed by atoms with Gasteiger partial charge in [-0.3, -0.25) is 0 Å². The number of hydrogen-bond acceptors (Lipinski definition) is 1. The second-order valence-corrected chi connectivity index (χ2v) is 12.6. The van der Waals surface area contributed by atoms with E-state index < -0.39 is 0 Å². The fourth-order valence-corrected chi connectivity index (χ4v) is 9.02. The van der Waals surface area contributed by atoms with Gasteiger partial charge in [-0.1, -0.05) is 0 Å². The van der Waals surface area contributed by atoms with Gasteiger partial charge < -0.3 is 0 Å². The van der Waals surface area contributed by atoms with E-state index in [0.29, 0.717) is 0 Å². The van der Waals surface area contributed by atoms with Crippen molar-refractivity contribution in [3.8, 4) is 0 Å². The molecule has 0 fully saturated rings. The molecule has 4 heteroatoms. The van der Waals surface area contributed by atoms with Crippen LogP contribution in [0.4, 0.5) is 11.4 Å². The van der Waals surface area contributed by atoms with Crippen LogP contribution in [0.15, 0.2) is 130 Å². The third-order valence-electron chi connectivity index (χ3n) is 4.30. The van der Waals surface area contributed by atoms with Crippen LogP contribution >= 0.6 is 11.6 Å². The minimum absolute atomic E-state index is 0.135. The average molecular weight is 540 g/mol. The summed E-state index contributed by atoms with van der Waals surface area (Å²) in [5.74, 6) is 0. The maximum atomic E-state index is 7.22. The van der Waals surface area contributed by atoms with Crippen LogP contribution in [0, 0.1) is 0 Å². The van der Waals surface area contributed by atoms with E-state index in [-0.39, 0.29) is 29.9 Å². The standard InChI is InChI=1S/C26H20ClNSe2/c27-25(28(21-13-5-1-6-14-21)22-15-7-2-8-16-22)26(29-23-17-9-3-10-18-23)30-24-19-11-4-12-20-24/h1-20H. The molecule has 0 aliphatic rings. The number of para-hydroxylation sites is 2. The van der Waals surface area contributed by atoms with Crippen molar-refractivity contribution in [1.29, 1.82) is 0 Å². The van der Waals surface area contributed by atoms with Gasteiger partial charge >= 0.3 is 197 Å². The van der Waals surface area contributed by atoms with Crippen molar-refractivity contribution >= 4 is 61.8 Å². The van der Waals surface area contributed by atoms with Crippen molar-refractivity contribution in [2.45, 2.75) is 0 Å². The van der Waals surface area contributed by atoms with Crippen LogP contribution in [0.25, 0.3) is 0 Å². The number of anilines is 2. The van der Waals surface area contributed by atoms with Crippen molar-refractivity contribution in [3.63, 3.8) is 0 Å². The van der Waals surface area contributed by atoms with E-state index in [4.69, 9.17) is 11.6 Å². The van der Waals surface area contributed by atoms with Gasteiger partial charge in [0.25, 0.3) is 0 Å². The van der Waals surface area contributed by atoms with E-state index in [1.807, 2.05) is 12.1 Å². The average Bonchev–Trinajstić information content (AvgIpc) is 2.81. The van der Waals surface area contributed by atoms with Crippen LogP contribution in [0.5, 0.6) is 0 Å². The normalized spacial score (nSPS) is 10.4. The maximum absolute atomic E-state index is 7.22. The SMILES string of the molecule is ClC(=C([Se]c1ccccc1)[Se]c1ccccc1)N(c1ccccc1)c1ccccc1. The third kappa shape index (κ3) is 5.46. The Morgan fingerprint density at radius 3 is 1.20 bits per heavy atom. The van der Waals surface area contributed by atoms with E-state index in [1.165, 1.54) is 12.3 Å². The molecular weight excluding hydrogens is 520 g/mol. The molecule has 4 rings (SSSR count). The molecule has 1 nitrogen and oxygen atoms in total. The molecule has 0 aliphatic carbocycles. The summed E-state index contributed by atoms with van der Waals surface area (Å²) in [6, 6.07) is 42.0. The summed E-state index contributed by atoms with van der Waals surface area (Å²) in [5, 5.41) is 0.806. The fraction of sp³-hybridized carbons (Fsp3) is 0. The quantitative estimate of drug-likeness (QED) is 0.229. The molecular formula is C26H20ClNSe2. The van der Waals surface area contributed by atoms with E-state index in [1.54, 1.807) is 0 Å². The first kappa shape index (κ1) is 21.0. The first-order valence-electron chi connectivity index (χ1n) is 9.57. The van der Waals surface area contributed by atoms with Crippen LogP contribution in [0.2, 0.25) is 0 Å². The molecule has 0 saturated carbocycles. The number of halogens is 1. The molecule has 0 bridgehead atoms. The van der Waals surface area contributed by atoms with Crippen LogP contribution in [-0.4, -0.2) is 29.9 Å². The van der Waals surface area contributed by atoms with Gasteiger partial charge in [0.1, 0.15) is 0 Å². The molecule has 0 aliphatic heterocycles.